The van der Waals surface area contributed by atoms with Gasteiger partial charge in [0.15, 0.2) is 5.76 Å². The van der Waals surface area contributed by atoms with Crippen molar-refractivity contribution in [2.75, 3.05) is 0 Å². The molecule has 2 N–H and O–H groups in total. The number of hydrogen-bond acceptors (Lipinski definition) is 6. The van der Waals surface area contributed by atoms with Crippen LogP contribution in [0.5, 0.6) is 0 Å². The highest BCUT2D eigenvalue weighted by Gasteiger charge is 2.29. The van der Waals surface area contributed by atoms with Gasteiger partial charge in [0.2, 0.25) is 10.0 Å². The summed E-state index contributed by atoms with van der Waals surface area (Å²) in [6.45, 7) is 3.34. The largest absolute Gasteiger partial charge is 0.477 e. The molecule has 1 unspecified atom stereocenters. The van der Waals surface area contributed by atoms with Crippen LogP contribution in [0, 0.1) is 6.92 Å². The number of nitrogens with one attached hydrogen (secondary N) is 1. The van der Waals surface area contributed by atoms with Crippen molar-refractivity contribution in [2.24, 2.45) is 0 Å². The Bertz CT molecular complexity index is 1060. The van der Waals surface area contributed by atoms with Crippen molar-refractivity contribution < 1.29 is 22.8 Å². The molecule has 0 saturated carbocycles. The molecule has 1 aromatic carbocycles. The van der Waals surface area contributed by atoms with Gasteiger partial charge in [-0.05, 0) is 38.1 Å². The Kier molecular flexibility index (Phi) is 5.06. The Morgan fingerprint density at radius 3 is 2.52 bits per heavy atom. The molecule has 1 atom stereocenters. The Hall–Kier alpha value is -3.04. The fourth-order valence-corrected chi connectivity index (χ4v) is 3.78. The summed E-state index contributed by atoms with van der Waals surface area (Å²) in [4.78, 5) is 15.8. The SMILES string of the molecule is Cc1ccc(S(=O)(=O)NC(C)c2onc(-c3cccnc3)c2C(=O)O)cc1. The molecule has 3 aromatic rings. The maximum Gasteiger partial charge on any atom is 0.341 e. The standard InChI is InChI=1S/C18H17N3O5S/c1-11-5-7-14(8-6-11)27(24,25)21-12(2)17-15(18(22)23)16(20-26-17)13-4-3-9-19-10-13/h3-10,12,21H,1-2H3,(H,22,23). The van der Waals surface area contributed by atoms with Gasteiger partial charge in [0.1, 0.15) is 11.3 Å². The van der Waals surface area contributed by atoms with E-state index in [0.29, 0.717) is 5.56 Å². The summed E-state index contributed by atoms with van der Waals surface area (Å²) < 4.78 is 32.7. The van der Waals surface area contributed by atoms with E-state index in [9.17, 15) is 18.3 Å². The van der Waals surface area contributed by atoms with Crippen LogP contribution in [0.15, 0.2) is 58.2 Å². The molecule has 0 radical (unpaired) electrons. The van der Waals surface area contributed by atoms with Crippen molar-refractivity contribution in [2.45, 2.75) is 24.8 Å². The van der Waals surface area contributed by atoms with Crippen LogP contribution in [0.3, 0.4) is 0 Å². The van der Waals surface area contributed by atoms with E-state index in [1.165, 1.54) is 25.3 Å². The average molecular weight is 387 g/mol. The predicted octanol–water partition coefficient (Wildman–Crippen LogP) is 2.78. The van der Waals surface area contributed by atoms with Crippen LogP contribution in [-0.2, 0) is 10.0 Å². The van der Waals surface area contributed by atoms with Gasteiger partial charge in [-0.2, -0.15) is 0 Å². The molecule has 0 saturated heterocycles. The van der Waals surface area contributed by atoms with Crippen LogP contribution in [0.4, 0.5) is 0 Å². The molecule has 0 aliphatic rings. The predicted molar refractivity (Wildman–Crippen MR) is 96.6 cm³/mol. The number of nitrogens with zero attached hydrogens (tertiary/aromatic N) is 2. The molecule has 0 bridgehead atoms. The third-order valence-corrected chi connectivity index (χ3v) is 5.48. The molecule has 140 valence electrons. The van der Waals surface area contributed by atoms with Crippen molar-refractivity contribution in [1.82, 2.24) is 14.9 Å². The zero-order chi connectivity index (χ0) is 19.6. The number of hydrogen-bond donors (Lipinski definition) is 2. The van der Waals surface area contributed by atoms with E-state index >= 15 is 0 Å². The molecule has 27 heavy (non-hydrogen) atoms. The van der Waals surface area contributed by atoms with E-state index in [4.69, 9.17) is 4.52 Å². The summed E-state index contributed by atoms with van der Waals surface area (Å²) in [5, 5.41) is 13.4. The van der Waals surface area contributed by atoms with Crippen LogP contribution in [0.1, 0.15) is 34.6 Å². The number of sulfonamides is 1. The number of carboxylic acids is 1. The first-order valence-corrected chi connectivity index (χ1v) is 9.50. The van der Waals surface area contributed by atoms with Crippen LogP contribution in [0.25, 0.3) is 11.3 Å². The summed E-state index contributed by atoms with van der Waals surface area (Å²) in [6.07, 6.45) is 3.00. The fraction of sp³-hybridized carbons (Fsp3) is 0.167. The quantitative estimate of drug-likeness (QED) is 0.667. The molecular formula is C18H17N3O5S. The maximum absolute atomic E-state index is 12.6. The Morgan fingerprint density at radius 1 is 1.22 bits per heavy atom. The zero-order valence-corrected chi connectivity index (χ0v) is 15.4. The number of benzene rings is 1. The van der Waals surface area contributed by atoms with Crippen LogP contribution >= 0.6 is 0 Å². The second-order valence-electron chi connectivity index (χ2n) is 5.97. The molecule has 0 fully saturated rings. The monoisotopic (exact) mass is 387 g/mol. The third kappa shape index (κ3) is 3.88. The molecule has 0 aliphatic carbocycles. The van der Waals surface area contributed by atoms with Gasteiger partial charge in [0.05, 0.1) is 10.9 Å². The number of carboxylic acid groups (broad SMARTS) is 1. The molecule has 8 nitrogen and oxygen atoms in total. The number of carbonyl (C=O) groups is 1. The van der Waals surface area contributed by atoms with Gasteiger partial charge in [-0.15, -0.1) is 0 Å². The lowest BCUT2D eigenvalue weighted by atomic mass is 10.1. The molecule has 2 heterocycles. The lowest BCUT2D eigenvalue weighted by molar-refractivity contribution is 0.0694. The topological polar surface area (TPSA) is 122 Å². The maximum atomic E-state index is 12.6. The minimum absolute atomic E-state index is 0.0730. The van der Waals surface area contributed by atoms with Crippen molar-refractivity contribution in [3.63, 3.8) is 0 Å². The number of aromatic nitrogens is 2. The molecule has 0 spiro atoms. The molecule has 9 heteroatoms. The second kappa shape index (κ2) is 7.29. The zero-order valence-electron chi connectivity index (χ0n) is 14.6. The number of pyridine rings is 1. The Morgan fingerprint density at radius 2 is 1.93 bits per heavy atom. The molecule has 0 aliphatic heterocycles. The normalized spacial score (nSPS) is 12.7. The summed E-state index contributed by atoms with van der Waals surface area (Å²) in [6, 6.07) is 8.64. The van der Waals surface area contributed by atoms with Gasteiger partial charge in [0.25, 0.3) is 0 Å². The molecule has 3 rings (SSSR count). The fourth-order valence-electron chi connectivity index (χ4n) is 2.58. The Balaban J connectivity index is 1.95. The lowest BCUT2D eigenvalue weighted by Crippen LogP contribution is -2.27. The summed E-state index contributed by atoms with van der Waals surface area (Å²) >= 11 is 0. The first kappa shape index (κ1) is 18.7. The minimum Gasteiger partial charge on any atom is -0.477 e. The van der Waals surface area contributed by atoms with E-state index in [-0.39, 0.29) is 21.9 Å². The summed E-state index contributed by atoms with van der Waals surface area (Å²) in [7, 11) is -3.87. The third-order valence-electron chi connectivity index (χ3n) is 3.92. The van der Waals surface area contributed by atoms with E-state index in [0.717, 1.165) is 5.56 Å². The van der Waals surface area contributed by atoms with E-state index in [1.807, 2.05) is 6.92 Å². The highest BCUT2D eigenvalue weighted by molar-refractivity contribution is 7.89. The Labute approximate surface area is 155 Å². The minimum atomic E-state index is -3.87. The van der Waals surface area contributed by atoms with E-state index < -0.39 is 22.0 Å². The van der Waals surface area contributed by atoms with Gasteiger partial charge in [-0.3, -0.25) is 4.98 Å². The van der Waals surface area contributed by atoms with Crippen molar-refractivity contribution in [1.29, 1.82) is 0 Å². The number of rotatable bonds is 6. The molecule has 0 amide bonds. The smallest absolute Gasteiger partial charge is 0.341 e. The lowest BCUT2D eigenvalue weighted by Gasteiger charge is -2.12. The van der Waals surface area contributed by atoms with Crippen molar-refractivity contribution in [3.8, 4) is 11.3 Å². The second-order valence-corrected chi connectivity index (χ2v) is 7.69. The van der Waals surface area contributed by atoms with Gasteiger partial charge in [-0.1, -0.05) is 22.9 Å². The number of aromatic carboxylic acids is 1. The van der Waals surface area contributed by atoms with Crippen LogP contribution < -0.4 is 4.72 Å². The highest BCUT2D eigenvalue weighted by Crippen LogP contribution is 2.29. The summed E-state index contributed by atoms with van der Waals surface area (Å²) in [5.41, 5.74) is 1.26. The van der Waals surface area contributed by atoms with Gasteiger partial charge >= 0.3 is 5.97 Å². The first-order valence-electron chi connectivity index (χ1n) is 8.02. The molecule has 2 aromatic heterocycles. The van der Waals surface area contributed by atoms with Gasteiger partial charge in [0, 0.05) is 18.0 Å². The van der Waals surface area contributed by atoms with Gasteiger partial charge < -0.3 is 9.63 Å². The van der Waals surface area contributed by atoms with Crippen LogP contribution in [-0.4, -0.2) is 29.6 Å². The molecular weight excluding hydrogens is 370 g/mol. The van der Waals surface area contributed by atoms with Crippen LogP contribution in [0.2, 0.25) is 0 Å². The van der Waals surface area contributed by atoms with E-state index in [2.05, 4.69) is 14.9 Å². The summed E-state index contributed by atoms with van der Waals surface area (Å²) in [5.74, 6) is -1.36. The van der Waals surface area contributed by atoms with E-state index in [1.54, 1.807) is 30.5 Å². The van der Waals surface area contributed by atoms with Gasteiger partial charge in [-0.25, -0.2) is 17.9 Å². The average Bonchev–Trinajstić information content (AvgIpc) is 3.08. The first-order chi connectivity index (χ1) is 12.8. The van der Waals surface area contributed by atoms with Crippen molar-refractivity contribution >= 4 is 16.0 Å². The number of aryl methyl sites for hydroxylation is 1. The highest BCUT2D eigenvalue weighted by atomic mass is 32.2. The van der Waals surface area contributed by atoms with Crippen molar-refractivity contribution in [3.05, 3.63) is 65.7 Å².